The number of amides is 1. The molecule has 0 radical (unpaired) electrons. The van der Waals surface area contributed by atoms with Gasteiger partial charge < -0.3 is 26.2 Å². The maximum absolute atomic E-state index is 12.3. The lowest BCUT2D eigenvalue weighted by molar-refractivity contribution is -0.141. The second-order valence-electron chi connectivity index (χ2n) is 9.52. The molecule has 2 atom stereocenters. The summed E-state index contributed by atoms with van der Waals surface area (Å²) in [5.74, 6) is -0.214. The SMILES string of the molecule is CCCCC(CCS(C)(=O)=O)Nc1nc(N)nc(C)c1Cc1cc(CC(=O)NC(C)C(=O)O)ccc1OC. The monoisotopic (exact) mass is 549 g/mol. The molecule has 1 aromatic carbocycles. The van der Waals surface area contributed by atoms with Crippen LogP contribution in [0.15, 0.2) is 18.2 Å². The fourth-order valence-corrected chi connectivity index (χ4v) is 4.76. The van der Waals surface area contributed by atoms with Gasteiger partial charge in [0, 0.05) is 30.0 Å². The van der Waals surface area contributed by atoms with Crippen molar-refractivity contribution in [3.05, 3.63) is 40.6 Å². The summed E-state index contributed by atoms with van der Waals surface area (Å²) in [7, 11) is -1.57. The van der Waals surface area contributed by atoms with E-state index in [1.54, 1.807) is 19.2 Å². The first-order chi connectivity index (χ1) is 17.8. The summed E-state index contributed by atoms with van der Waals surface area (Å²) in [5.41, 5.74) is 8.88. The summed E-state index contributed by atoms with van der Waals surface area (Å²) in [6, 6.07) is 4.24. The van der Waals surface area contributed by atoms with Crippen LogP contribution in [0, 0.1) is 6.92 Å². The predicted molar refractivity (Wildman–Crippen MR) is 147 cm³/mol. The summed E-state index contributed by atoms with van der Waals surface area (Å²) in [6.45, 7) is 5.31. The number of aryl methyl sites for hydroxylation is 1. The Morgan fingerprint density at radius 1 is 1.21 bits per heavy atom. The number of methoxy groups -OCH3 is 1. The number of rotatable bonds is 15. The van der Waals surface area contributed by atoms with Gasteiger partial charge in [-0.25, -0.2) is 13.4 Å². The van der Waals surface area contributed by atoms with Crippen molar-refractivity contribution in [2.45, 2.75) is 71.4 Å². The van der Waals surface area contributed by atoms with E-state index in [1.165, 1.54) is 13.2 Å². The van der Waals surface area contributed by atoms with Gasteiger partial charge in [0.05, 0.1) is 19.3 Å². The maximum atomic E-state index is 12.3. The predicted octanol–water partition coefficient (Wildman–Crippen LogP) is 2.50. The standard InChI is InChI=1S/C26H39N5O6S/c1-6-7-8-20(11-12-38(5,35)36)30-24-21(16(2)29-26(27)31-24)15-19-13-18(9-10-22(19)37-4)14-23(32)28-17(3)25(33)34/h9-10,13,17,20H,6-8,11-12,14-15H2,1-5H3,(H,28,32)(H,33,34)(H3,27,29,30,31). The fourth-order valence-electron chi connectivity index (χ4n) is 4.05. The molecule has 11 nitrogen and oxygen atoms in total. The molecule has 0 aliphatic rings. The highest BCUT2D eigenvalue weighted by atomic mass is 32.2. The van der Waals surface area contributed by atoms with Crippen molar-refractivity contribution in [2.75, 3.05) is 30.2 Å². The molecular formula is C26H39N5O6S. The molecule has 1 amide bonds. The van der Waals surface area contributed by atoms with Crippen LogP contribution < -0.4 is 21.1 Å². The minimum Gasteiger partial charge on any atom is -0.496 e. The average molecular weight is 550 g/mol. The second-order valence-corrected chi connectivity index (χ2v) is 11.8. The van der Waals surface area contributed by atoms with E-state index in [0.29, 0.717) is 35.7 Å². The quantitative estimate of drug-likeness (QED) is 0.258. The van der Waals surface area contributed by atoms with Crippen LogP contribution in [0.5, 0.6) is 5.75 Å². The van der Waals surface area contributed by atoms with Gasteiger partial charge in [0.15, 0.2) is 0 Å². The first-order valence-electron chi connectivity index (χ1n) is 12.6. The lowest BCUT2D eigenvalue weighted by Gasteiger charge is -2.22. The fraction of sp³-hybridized carbons (Fsp3) is 0.538. The Bertz CT molecular complexity index is 1230. The maximum Gasteiger partial charge on any atom is 0.325 e. The van der Waals surface area contributed by atoms with Crippen molar-refractivity contribution in [1.29, 1.82) is 0 Å². The van der Waals surface area contributed by atoms with Gasteiger partial charge in [0.25, 0.3) is 0 Å². The van der Waals surface area contributed by atoms with Gasteiger partial charge in [-0.2, -0.15) is 4.98 Å². The molecular weight excluding hydrogens is 510 g/mol. The van der Waals surface area contributed by atoms with Crippen LogP contribution in [-0.4, -0.2) is 66.6 Å². The number of unbranched alkanes of at least 4 members (excludes halogenated alkanes) is 1. The Kier molecular flexibility index (Phi) is 11.3. The van der Waals surface area contributed by atoms with E-state index >= 15 is 0 Å². The van der Waals surface area contributed by atoms with Crippen molar-refractivity contribution in [3.63, 3.8) is 0 Å². The van der Waals surface area contributed by atoms with Gasteiger partial charge in [-0.1, -0.05) is 31.9 Å². The topological polar surface area (TPSA) is 174 Å². The normalized spacial score (nSPS) is 13.0. The first kappa shape index (κ1) is 30.8. The van der Waals surface area contributed by atoms with Crippen LogP contribution in [0.1, 0.15) is 61.9 Å². The largest absolute Gasteiger partial charge is 0.496 e. The molecule has 210 valence electrons. The molecule has 0 aliphatic carbocycles. The molecule has 0 saturated heterocycles. The summed E-state index contributed by atoms with van der Waals surface area (Å²) < 4.78 is 29.2. The number of nitrogens with one attached hydrogen (secondary N) is 2. The van der Waals surface area contributed by atoms with Gasteiger partial charge in [0.2, 0.25) is 11.9 Å². The van der Waals surface area contributed by atoms with E-state index in [1.807, 2.05) is 13.0 Å². The highest BCUT2D eigenvalue weighted by Crippen LogP contribution is 2.28. The van der Waals surface area contributed by atoms with Crippen molar-refractivity contribution in [1.82, 2.24) is 15.3 Å². The Labute approximate surface area is 224 Å². The lowest BCUT2D eigenvalue weighted by Crippen LogP contribution is -2.39. The van der Waals surface area contributed by atoms with Gasteiger partial charge in [-0.05, 0) is 43.9 Å². The number of aromatic nitrogens is 2. The lowest BCUT2D eigenvalue weighted by atomic mass is 9.99. The van der Waals surface area contributed by atoms with Gasteiger partial charge in [-0.3, -0.25) is 9.59 Å². The molecule has 12 heteroatoms. The molecule has 1 aromatic heterocycles. The number of carboxylic acids is 1. The summed E-state index contributed by atoms with van der Waals surface area (Å²) in [4.78, 5) is 32.2. The molecule has 2 rings (SSSR count). The number of carboxylic acid groups (broad SMARTS) is 1. The van der Waals surface area contributed by atoms with Crippen LogP contribution in [-0.2, 0) is 32.3 Å². The van der Waals surface area contributed by atoms with Gasteiger partial charge >= 0.3 is 5.97 Å². The van der Waals surface area contributed by atoms with E-state index in [0.717, 1.165) is 30.4 Å². The number of sulfone groups is 1. The van der Waals surface area contributed by atoms with Crippen LogP contribution in [0.4, 0.5) is 11.8 Å². The molecule has 38 heavy (non-hydrogen) atoms. The van der Waals surface area contributed by atoms with Crippen LogP contribution >= 0.6 is 0 Å². The van der Waals surface area contributed by atoms with E-state index in [4.69, 9.17) is 15.6 Å². The zero-order chi connectivity index (χ0) is 28.5. The van der Waals surface area contributed by atoms with Crippen LogP contribution in [0.3, 0.4) is 0 Å². The van der Waals surface area contributed by atoms with Gasteiger partial charge in [0.1, 0.15) is 27.4 Å². The Balaban J connectivity index is 2.37. The highest BCUT2D eigenvalue weighted by Gasteiger charge is 2.20. The number of nitrogens with zero attached hydrogens (tertiary/aromatic N) is 2. The van der Waals surface area contributed by atoms with Crippen molar-refractivity contribution >= 4 is 33.5 Å². The minimum atomic E-state index is -3.13. The van der Waals surface area contributed by atoms with Crippen LogP contribution in [0.25, 0.3) is 0 Å². The first-order valence-corrected chi connectivity index (χ1v) is 14.6. The number of nitrogens with two attached hydrogens (primary N) is 1. The van der Waals surface area contributed by atoms with Crippen LogP contribution in [0.2, 0.25) is 0 Å². The van der Waals surface area contributed by atoms with Crippen molar-refractivity contribution < 1.29 is 27.9 Å². The second kappa shape index (κ2) is 13.9. The number of carbonyl (C=O) groups is 2. The number of benzene rings is 1. The zero-order valence-electron chi connectivity index (χ0n) is 22.7. The summed E-state index contributed by atoms with van der Waals surface area (Å²) in [5, 5.41) is 14.9. The van der Waals surface area contributed by atoms with Crippen molar-refractivity contribution in [3.8, 4) is 5.75 Å². The molecule has 2 unspecified atom stereocenters. The number of hydrogen-bond donors (Lipinski definition) is 4. The van der Waals surface area contributed by atoms with E-state index < -0.39 is 27.8 Å². The average Bonchev–Trinajstić information content (AvgIpc) is 2.82. The third-order valence-electron chi connectivity index (χ3n) is 6.14. The van der Waals surface area contributed by atoms with Crippen molar-refractivity contribution in [2.24, 2.45) is 0 Å². The number of aliphatic carboxylic acids is 1. The molecule has 1 heterocycles. The van der Waals surface area contributed by atoms with E-state index in [-0.39, 0.29) is 24.2 Å². The molecule has 0 spiro atoms. The number of hydrogen-bond acceptors (Lipinski definition) is 9. The molecule has 0 saturated carbocycles. The third kappa shape index (κ3) is 9.81. The smallest absolute Gasteiger partial charge is 0.325 e. The number of anilines is 2. The van der Waals surface area contributed by atoms with Gasteiger partial charge in [-0.15, -0.1) is 0 Å². The Hall–Kier alpha value is -3.41. The molecule has 0 bridgehead atoms. The minimum absolute atomic E-state index is 0.00151. The third-order valence-corrected chi connectivity index (χ3v) is 7.12. The number of carbonyl (C=O) groups excluding carboxylic acids is 1. The summed E-state index contributed by atoms with van der Waals surface area (Å²) in [6.07, 6.45) is 4.70. The molecule has 2 aromatic rings. The van der Waals surface area contributed by atoms with E-state index in [9.17, 15) is 18.0 Å². The zero-order valence-corrected chi connectivity index (χ0v) is 23.5. The molecule has 0 fully saturated rings. The Morgan fingerprint density at radius 3 is 2.53 bits per heavy atom. The highest BCUT2D eigenvalue weighted by molar-refractivity contribution is 7.90. The summed E-state index contributed by atoms with van der Waals surface area (Å²) >= 11 is 0. The Morgan fingerprint density at radius 2 is 1.92 bits per heavy atom. The number of nitrogen functional groups attached to an aromatic ring is 1. The molecule has 0 aliphatic heterocycles. The van der Waals surface area contributed by atoms with E-state index in [2.05, 4.69) is 27.5 Å². The molecule has 5 N–H and O–H groups in total. The number of ether oxygens (including phenoxy) is 1.